The Labute approximate surface area is 104 Å². The van der Waals surface area contributed by atoms with E-state index < -0.39 is 0 Å². The molecule has 5 heteroatoms. The summed E-state index contributed by atoms with van der Waals surface area (Å²) in [5, 5.41) is 5.47. The van der Waals surface area contributed by atoms with Crippen LogP contribution in [0, 0.1) is 0 Å². The average molecular weight is 256 g/mol. The largest absolute Gasteiger partial charge is 0.325 e. The van der Waals surface area contributed by atoms with Gasteiger partial charge in [0, 0.05) is 28.4 Å². The molecule has 1 heterocycles. The van der Waals surface area contributed by atoms with E-state index >= 15 is 0 Å². The van der Waals surface area contributed by atoms with Crippen LogP contribution >= 0.6 is 23.2 Å². The molecule has 0 unspecified atom stereocenters. The lowest BCUT2D eigenvalue weighted by molar-refractivity contribution is 0.646. The van der Waals surface area contributed by atoms with Crippen molar-refractivity contribution in [3.05, 3.63) is 51.8 Å². The number of nitrogens with zero attached hydrogens (tertiary/aromatic N) is 2. The molecule has 0 aliphatic carbocycles. The first-order valence-corrected chi connectivity index (χ1v) is 5.61. The minimum absolute atomic E-state index is 0.446. The third-order valence-corrected chi connectivity index (χ3v) is 3.09. The van der Waals surface area contributed by atoms with Gasteiger partial charge in [-0.05, 0) is 18.2 Å². The molecule has 1 aromatic carbocycles. The lowest BCUT2D eigenvalue weighted by atomic mass is 10.2. The second-order valence-electron chi connectivity index (χ2n) is 3.38. The van der Waals surface area contributed by atoms with Gasteiger partial charge in [0.2, 0.25) is 0 Å². The molecule has 84 valence electrons. The number of hydrogen-bond donors (Lipinski definition) is 1. The third-order valence-electron chi connectivity index (χ3n) is 2.38. The Kier molecular flexibility index (Phi) is 3.49. The number of nitrogens with two attached hydrogens (primary N) is 1. The predicted octanol–water partition coefficient (Wildman–Crippen LogP) is 2.70. The molecule has 2 aromatic rings. The molecule has 0 bridgehead atoms. The lowest BCUT2D eigenvalue weighted by Crippen LogP contribution is -2.10. The third kappa shape index (κ3) is 2.21. The van der Waals surface area contributed by atoms with E-state index in [1.54, 1.807) is 10.9 Å². The minimum atomic E-state index is 0.446. The van der Waals surface area contributed by atoms with Gasteiger partial charge in [0.1, 0.15) is 0 Å². The van der Waals surface area contributed by atoms with Gasteiger partial charge < -0.3 is 5.73 Å². The summed E-state index contributed by atoms with van der Waals surface area (Å²) < 4.78 is 1.80. The van der Waals surface area contributed by atoms with Crippen molar-refractivity contribution in [1.82, 2.24) is 9.78 Å². The number of halogens is 2. The Bertz CT molecular complexity index is 473. The first kappa shape index (κ1) is 11.5. The zero-order valence-electron chi connectivity index (χ0n) is 8.53. The Morgan fingerprint density at radius 3 is 2.50 bits per heavy atom. The van der Waals surface area contributed by atoms with E-state index in [0.717, 1.165) is 11.3 Å². The fourth-order valence-electron chi connectivity index (χ4n) is 1.51. The van der Waals surface area contributed by atoms with Crippen LogP contribution in [0.4, 0.5) is 0 Å². The molecule has 0 aliphatic rings. The molecule has 3 nitrogen and oxygen atoms in total. The molecule has 0 saturated heterocycles. The molecular formula is C11H11Cl2N3. The SMILES string of the molecule is NCc1ccnn1Cc1c(Cl)cccc1Cl. The molecule has 0 atom stereocenters. The number of aromatic nitrogens is 2. The quantitative estimate of drug-likeness (QED) is 0.917. The van der Waals surface area contributed by atoms with Crippen molar-refractivity contribution in [1.29, 1.82) is 0 Å². The summed E-state index contributed by atoms with van der Waals surface area (Å²) in [6.07, 6.45) is 1.72. The maximum absolute atomic E-state index is 6.09. The van der Waals surface area contributed by atoms with Crippen molar-refractivity contribution in [3.63, 3.8) is 0 Å². The van der Waals surface area contributed by atoms with Crippen LogP contribution in [0.2, 0.25) is 10.0 Å². The van der Waals surface area contributed by atoms with E-state index in [-0.39, 0.29) is 0 Å². The highest BCUT2D eigenvalue weighted by atomic mass is 35.5. The van der Waals surface area contributed by atoms with Gasteiger partial charge in [-0.1, -0.05) is 29.3 Å². The van der Waals surface area contributed by atoms with E-state index in [0.29, 0.717) is 23.1 Å². The van der Waals surface area contributed by atoms with Gasteiger partial charge in [0.05, 0.1) is 12.2 Å². The summed E-state index contributed by atoms with van der Waals surface area (Å²) in [6, 6.07) is 7.33. The summed E-state index contributed by atoms with van der Waals surface area (Å²) in [6.45, 7) is 0.986. The van der Waals surface area contributed by atoms with Gasteiger partial charge >= 0.3 is 0 Å². The van der Waals surface area contributed by atoms with Crippen LogP contribution < -0.4 is 5.73 Å². The Morgan fingerprint density at radius 1 is 1.19 bits per heavy atom. The van der Waals surface area contributed by atoms with Gasteiger partial charge in [-0.15, -0.1) is 0 Å². The van der Waals surface area contributed by atoms with Crippen molar-refractivity contribution < 1.29 is 0 Å². The van der Waals surface area contributed by atoms with Crippen molar-refractivity contribution in [3.8, 4) is 0 Å². The fourth-order valence-corrected chi connectivity index (χ4v) is 2.03. The van der Waals surface area contributed by atoms with Gasteiger partial charge in [0.15, 0.2) is 0 Å². The summed E-state index contributed by atoms with van der Waals surface area (Å²) in [5.74, 6) is 0. The first-order valence-electron chi connectivity index (χ1n) is 4.86. The maximum atomic E-state index is 6.09. The van der Waals surface area contributed by atoms with Gasteiger partial charge in [-0.25, -0.2) is 0 Å². The minimum Gasteiger partial charge on any atom is -0.325 e. The van der Waals surface area contributed by atoms with Crippen LogP contribution in [-0.2, 0) is 13.1 Å². The number of hydrogen-bond acceptors (Lipinski definition) is 2. The van der Waals surface area contributed by atoms with E-state index in [1.807, 2.05) is 24.3 Å². The fraction of sp³-hybridized carbons (Fsp3) is 0.182. The van der Waals surface area contributed by atoms with E-state index in [9.17, 15) is 0 Å². The first-order chi connectivity index (χ1) is 7.72. The van der Waals surface area contributed by atoms with Crippen LogP contribution in [0.1, 0.15) is 11.3 Å². The molecule has 0 aliphatic heterocycles. The maximum Gasteiger partial charge on any atom is 0.0692 e. The zero-order chi connectivity index (χ0) is 11.5. The Hall–Kier alpha value is -1.03. The topological polar surface area (TPSA) is 43.8 Å². The lowest BCUT2D eigenvalue weighted by Gasteiger charge is -2.09. The van der Waals surface area contributed by atoms with E-state index in [4.69, 9.17) is 28.9 Å². The molecule has 0 spiro atoms. The second kappa shape index (κ2) is 4.87. The molecular weight excluding hydrogens is 245 g/mol. The van der Waals surface area contributed by atoms with Gasteiger partial charge in [0.25, 0.3) is 0 Å². The van der Waals surface area contributed by atoms with Crippen molar-refractivity contribution in [2.24, 2.45) is 5.73 Å². The molecule has 2 N–H and O–H groups in total. The monoisotopic (exact) mass is 255 g/mol. The molecule has 0 radical (unpaired) electrons. The van der Waals surface area contributed by atoms with Crippen molar-refractivity contribution in [2.75, 3.05) is 0 Å². The number of rotatable bonds is 3. The summed E-state index contributed by atoms with van der Waals surface area (Å²) in [7, 11) is 0. The summed E-state index contributed by atoms with van der Waals surface area (Å²) in [5.41, 5.74) is 7.42. The van der Waals surface area contributed by atoms with Crippen LogP contribution in [0.25, 0.3) is 0 Å². The van der Waals surface area contributed by atoms with Crippen LogP contribution in [0.5, 0.6) is 0 Å². The highest BCUT2D eigenvalue weighted by molar-refractivity contribution is 6.35. The van der Waals surface area contributed by atoms with Gasteiger partial charge in [-0.2, -0.15) is 5.10 Å². The highest BCUT2D eigenvalue weighted by Gasteiger charge is 2.08. The van der Waals surface area contributed by atoms with E-state index in [1.165, 1.54) is 0 Å². The number of benzene rings is 1. The standard InChI is InChI=1S/C11H11Cl2N3/c12-10-2-1-3-11(13)9(10)7-16-8(6-14)4-5-15-16/h1-5H,6-7,14H2. The smallest absolute Gasteiger partial charge is 0.0692 e. The summed E-state index contributed by atoms with van der Waals surface area (Å²) in [4.78, 5) is 0. The van der Waals surface area contributed by atoms with Crippen molar-refractivity contribution in [2.45, 2.75) is 13.1 Å². The van der Waals surface area contributed by atoms with Crippen LogP contribution in [0.15, 0.2) is 30.5 Å². The highest BCUT2D eigenvalue weighted by Crippen LogP contribution is 2.25. The second-order valence-corrected chi connectivity index (χ2v) is 4.20. The molecule has 16 heavy (non-hydrogen) atoms. The molecule has 0 amide bonds. The molecule has 1 aromatic heterocycles. The van der Waals surface area contributed by atoms with E-state index in [2.05, 4.69) is 5.10 Å². The molecule has 0 fully saturated rings. The van der Waals surface area contributed by atoms with Crippen LogP contribution in [-0.4, -0.2) is 9.78 Å². The van der Waals surface area contributed by atoms with Crippen molar-refractivity contribution >= 4 is 23.2 Å². The summed E-state index contributed by atoms with van der Waals surface area (Å²) >= 11 is 12.2. The molecule has 2 rings (SSSR count). The van der Waals surface area contributed by atoms with Crippen LogP contribution in [0.3, 0.4) is 0 Å². The zero-order valence-corrected chi connectivity index (χ0v) is 10.0. The average Bonchev–Trinajstić information content (AvgIpc) is 2.71. The normalized spacial score (nSPS) is 10.7. The Morgan fingerprint density at radius 2 is 1.88 bits per heavy atom. The Balaban J connectivity index is 2.34. The predicted molar refractivity (Wildman–Crippen MR) is 65.7 cm³/mol. The van der Waals surface area contributed by atoms with Gasteiger partial charge in [-0.3, -0.25) is 4.68 Å². The molecule has 0 saturated carbocycles.